The minimum absolute atomic E-state index is 0.0330. The highest BCUT2D eigenvalue weighted by molar-refractivity contribution is 5.42. The quantitative estimate of drug-likeness (QED) is 0.298. The van der Waals surface area contributed by atoms with E-state index in [1.807, 2.05) is 37.3 Å². The monoisotopic (exact) mass is 512 g/mol. The van der Waals surface area contributed by atoms with Gasteiger partial charge in [0.1, 0.15) is 0 Å². The first kappa shape index (κ1) is 29.7. The van der Waals surface area contributed by atoms with E-state index in [-0.39, 0.29) is 24.1 Å². The molecule has 0 aromatic heterocycles. The van der Waals surface area contributed by atoms with Gasteiger partial charge in [0.15, 0.2) is 0 Å². The fourth-order valence-corrected chi connectivity index (χ4v) is 4.85. The molecule has 2 aromatic carbocycles. The van der Waals surface area contributed by atoms with Crippen LogP contribution in [0.1, 0.15) is 76.1 Å². The predicted molar refractivity (Wildman–Crippen MR) is 129 cm³/mol. The summed E-state index contributed by atoms with van der Waals surface area (Å²) in [5.41, 5.74) is -3.78. The molecule has 0 aliphatic rings. The average molecular weight is 513 g/mol. The van der Waals surface area contributed by atoms with Gasteiger partial charge in [-0.25, -0.2) is 0 Å². The van der Waals surface area contributed by atoms with Crippen LogP contribution in [0.2, 0.25) is 0 Å². The molecule has 8 heteroatoms. The van der Waals surface area contributed by atoms with Crippen LogP contribution < -0.4 is 0 Å². The number of alkyl halides is 6. The van der Waals surface area contributed by atoms with E-state index >= 15 is 0 Å². The Balaban J connectivity index is 2.46. The molecule has 0 fully saturated rings. The molecular formula is C28H34F6N2. The lowest BCUT2D eigenvalue weighted by atomic mass is 9.68. The van der Waals surface area contributed by atoms with Crippen molar-refractivity contribution in [3.63, 3.8) is 0 Å². The van der Waals surface area contributed by atoms with Crippen molar-refractivity contribution in [2.75, 3.05) is 0 Å². The van der Waals surface area contributed by atoms with Crippen LogP contribution in [0.5, 0.6) is 0 Å². The summed E-state index contributed by atoms with van der Waals surface area (Å²) < 4.78 is 80.9. The summed E-state index contributed by atoms with van der Waals surface area (Å²) >= 11 is 0. The molecule has 2 rings (SSSR count). The number of halogens is 6. The second kappa shape index (κ2) is 11.7. The number of nitrogens with zero attached hydrogens (tertiary/aromatic N) is 2. The zero-order valence-corrected chi connectivity index (χ0v) is 21.3. The Bertz CT molecular complexity index is 1020. The zero-order valence-electron chi connectivity index (χ0n) is 21.3. The van der Waals surface area contributed by atoms with Gasteiger partial charge in [-0.1, -0.05) is 57.2 Å². The Labute approximate surface area is 209 Å². The van der Waals surface area contributed by atoms with Crippen molar-refractivity contribution in [1.82, 2.24) is 4.90 Å². The van der Waals surface area contributed by atoms with Crippen LogP contribution in [0, 0.1) is 17.2 Å². The molecular weight excluding hydrogens is 478 g/mol. The largest absolute Gasteiger partial charge is 0.417 e. The smallest absolute Gasteiger partial charge is 0.294 e. The highest BCUT2D eigenvalue weighted by Gasteiger charge is 2.45. The Hall–Kier alpha value is -2.53. The Morgan fingerprint density at radius 3 is 1.89 bits per heavy atom. The van der Waals surface area contributed by atoms with Crippen LogP contribution in [0.15, 0.2) is 48.5 Å². The molecule has 0 radical (unpaired) electrons. The zero-order chi connectivity index (χ0) is 27.3. The lowest BCUT2D eigenvalue weighted by molar-refractivity contribution is -0.162. The van der Waals surface area contributed by atoms with Crippen LogP contribution >= 0.6 is 0 Å². The molecule has 0 spiro atoms. The van der Waals surface area contributed by atoms with Crippen LogP contribution in [0.3, 0.4) is 0 Å². The first-order valence-corrected chi connectivity index (χ1v) is 12.2. The molecule has 2 unspecified atom stereocenters. The number of hydrogen-bond acceptors (Lipinski definition) is 2. The molecule has 0 bridgehead atoms. The second-order valence-corrected chi connectivity index (χ2v) is 9.85. The van der Waals surface area contributed by atoms with Crippen LogP contribution in [-0.2, 0) is 24.3 Å². The average Bonchev–Trinajstić information content (AvgIpc) is 2.80. The summed E-state index contributed by atoms with van der Waals surface area (Å²) in [5.74, 6) is -0.417. The lowest BCUT2D eigenvalue weighted by Crippen LogP contribution is -2.41. The summed E-state index contributed by atoms with van der Waals surface area (Å²) in [6.07, 6.45) is -8.87. The topological polar surface area (TPSA) is 27.0 Å². The number of nitriles is 1. The van der Waals surface area contributed by atoms with Crippen molar-refractivity contribution in [2.24, 2.45) is 5.92 Å². The third kappa shape index (κ3) is 6.82. The van der Waals surface area contributed by atoms with Gasteiger partial charge >= 0.3 is 12.4 Å². The second-order valence-electron chi connectivity index (χ2n) is 9.85. The number of rotatable bonds is 10. The summed E-state index contributed by atoms with van der Waals surface area (Å²) in [5, 5.41) is 10.2. The van der Waals surface area contributed by atoms with Crippen molar-refractivity contribution in [2.45, 2.75) is 90.3 Å². The molecule has 0 saturated carbocycles. The van der Waals surface area contributed by atoms with E-state index in [0.717, 1.165) is 18.1 Å². The Morgan fingerprint density at radius 2 is 1.44 bits per heavy atom. The Morgan fingerprint density at radius 1 is 0.861 bits per heavy atom. The van der Waals surface area contributed by atoms with Gasteiger partial charge in [-0.05, 0) is 62.3 Å². The minimum Gasteiger partial charge on any atom is -0.294 e. The van der Waals surface area contributed by atoms with Crippen molar-refractivity contribution < 1.29 is 26.3 Å². The van der Waals surface area contributed by atoms with Crippen molar-refractivity contribution in [3.8, 4) is 6.07 Å². The van der Waals surface area contributed by atoms with Crippen molar-refractivity contribution in [3.05, 3.63) is 70.8 Å². The molecule has 0 aliphatic carbocycles. The third-order valence-corrected chi connectivity index (χ3v) is 7.01. The van der Waals surface area contributed by atoms with Crippen LogP contribution in [0.25, 0.3) is 0 Å². The summed E-state index contributed by atoms with van der Waals surface area (Å²) in [6.45, 7) is 10.3. The van der Waals surface area contributed by atoms with Gasteiger partial charge in [-0.2, -0.15) is 31.6 Å². The van der Waals surface area contributed by atoms with Gasteiger partial charge in [0.2, 0.25) is 0 Å². The summed E-state index contributed by atoms with van der Waals surface area (Å²) in [4.78, 5) is 2.30. The number of benzene rings is 2. The van der Waals surface area contributed by atoms with Crippen LogP contribution in [0.4, 0.5) is 26.3 Å². The molecule has 0 N–H and O–H groups in total. The van der Waals surface area contributed by atoms with E-state index in [1.165, 1.54) is 0 Å². The molecule has 36 heavy (non-hydrogen) atoms. The SMILES string of the molecule is CCC(CCC(C#N)(c1ccc(C(F)(F)F)c(C(F)(F)F)c1)C(C)C)N(Cc1ccccc1)C(C)C. The highest BCUT2D eigenvalue weighted by atomic mass is 19.4. The molecule has 2 atom stereocenters. The fourth-order valence-electron chi connectivity index (χ4n) is 4.85. The van der Waals surface area contributed by atoms with E-state index in [9.17, 15) is 31.6 Å². The van der Waals surface area contributed by atoms with Gasteiger partial charge in [0, 0.05) is 18.6 Å². The third-order valence-electron chi connectivity index (χ3n) is 7.01. The van der Waals surface area contributed by atoms with E-state index in [2.05, 4.69) is 24.8 Å². The normalized spacial score (nSPS) is 15.2. The first-order chi connectivity index (χ1) is 16.7. The summed E-state index contributed by atoms with van der Waals surface area (Å²) in [7, 11) is 0. The maximum Gasteiger partial charge on any atom is 0.417 e. The highest BCUT2D eigenvalue weighted by Crippen LogP contribution is 2.45. The standard InChI is InChI=1S/C28H34F6N2/c1-6-23(36(20(4)5)17-21-10-8-7-9-11-21)14-15-26(18-35,19(2)3)22-12-13-24(27(29,30)31)25(16-22)28(32,33)34/h7-13,16,19-20,23H,6,14-15,17H2,1-5H3. The van der Waals surface area contributed by atoms with Crippen molar-refractivity contribution >= 4 is 0 Å². The molecule has 0 aliphatic heterocycles. The van der Waals surface area contributed by atoms with E-state index in [4.69, 9.17) is 0 Å². The maximum atomic E-state index is 13.6. The van der Waals surface area contributed by atoms with Crippen molar-refractivity contribution in [1.29, 1.82) is 5.26 Å². The van der Waals surface area contributed by atoms with Gasteiger partial charge in [0.05, 0.1) is 22.6 Å². The van der Waals surface area contributed by atoms with Gasteiger partial charge < -0.3 is 0 Å². The summed E-state index contributed by atoms with van der Waals surface area (Å²) in [6, 6.07) is 14.3. The molecule has 198 valence electrons. The fraction of sp³-hybridized carbons (Fsp3) is 0.536. The molecule has 2 nitrogen and oxygen atoms in total. The van der Waals surface area contributed by atoms with Crippen LogP contribution in [-0.4, -0.2) is 17.0 Å². The molecule has 0 amide bonds. The predicted octanol–water partition coefficient (Wildman–Crippen LogP) is 8.61. The van der Waals surface area contributed by atoms with Gasteiger partial charge in [-0.15, -0.1) is 0 Å². The van der Waals surface area contributed by atoms with Gasteiger partial charge in [0.25, 0.3) is 0 Å². The maximum absolute atomic E-state index is 13.6. The Kier molecular flexibility index (Phi) is 9.64. The molecule has 0 saturated heterocycles. The molecule has 0 heterocycles. The van der Waals surface area contributed by atoms with E-state index in [0.29, 0.717) is 25.1 Å². The number of hydrogen-bond donors (Lipinski definition) is 0. The lowest BCUT2D eigenvalue weighted by Gasteiger charge is -2.38. The van der Waals surface area contributed by atoms with E-state index < -0.39 is 34.8 Å². The first-order valence-electron chi connectivity index (χ1n) is 12.2. The minimum atomic E-state index is -5.20. The molecule has 2 aromatic rings. The van der Waals surface area contributed by atoms with Gasteiger partial charge in [-0.3, -0.25) is 4.90 Å². The van der Waals surface area contributed by atoms with E-state index in [1.54, 1.807) is 13.8 Å².